The summed E-state index contributed by atoms with van der Waals surface area (Å²) in [4.78, 5) is 0. The summed E-state index contributed by atoms with van der Waals surface area (Å²) in [6.45, 7) is 5.15. The van der Waals surface area contributed by atoms with Crippen LogP contribution in [0.2, 0.25) is 0 Å². The first kappa shape index (κ1) is 14.9. The fraction of sp³-hybridized carbons (Fsp3) is 0.235. The van der Waals surface area contributed by atoms with Gasteiger partial charge in [0, 0.05) is 6.54 Å². The van der Waals surface area contributed by atoms with Crippen molar-refractivity contribution in [2.75, 3.05) is 11.9 Å². The number of halogens is 1. The summed E-state index contributed by atoms with van der Waals surface area (Å²) in [6.07, 6.45) is 0. The van der Waals surface area contributed by atoms with Crippen LogP contribution >= 0.6 is 0 Å². The second-order valence-corrected chi connectivity index (χ2v) is 4.69. The summed E-state index contributed by atoms with van der Waals surface area (Å²) in [6, 6.07) is 12.1. The maximum Gasteiger partial charge on any atom is 0.124 e. The molecular weight excluding hydrogens is 267 g/mol. The van der Waals surface area contributed by atoms with E-state index in [-0.39, 0.29) is 0 Å². The largest absolute Gasteiger partial charge is 0.494 e. The van der Waals surface area contributed by atoms with Crippen molar-refractivity contribution in [3.63, 3.8) is 0 Å². The Balaban J connectivity index is 2.10. The molecular formula is C17H17FN2O. The van der Waals surface area contributed by atoms with Gasteiger partial charge in [0.2, 0.25) is 0 Å². The maximum absolute atomic E-state index is 13.1. The first-order chi connectivity index (χ1) is 10.1. The molecule has 0 spiro atoms. The number of ether oxygens (including phenoxy) is 1. The highest BCUT2D eigenvalue weighted by molar-refractivity contribution is 5.57. The molecule has 0 saturated heterocycles. The Labute approximate surface area is 124 Å². The van der Waals surface area contributed by atoms with Gasteiger partial charge in [0.25, 0.3) is 0 Å². The average molecular weight is 284 g/mol. The van der Waals surface area contributed by atoms with Crippen molar-refractivity contribution in [1.29, 1.82) is 5.26 Å². The fourth-order valence-electron chi connectivity index (χ4n) is 2.10. The number of aryl methyl sites for hydroxylation is 1. The molecule has 0 amide bonds. The van der Waals surface area contributed by atoms with Crippen LogP contribution in [0.15, 0.2) is 36.4 Å². The summed E-state index contributed by atoms with van der Waals surface area (Å²) in [5.74, 6) is 0.467. The molecule has 0 unspecified atom stereocenters. The number of hydrogen-bond acceptors (Lipinski definition) is 3. The predicted octanol–water partition coefficient (Wildman–Crippen LogP) is 4.02. The van der Waals surface area contributed by atoms with Crippen LogP contribution in [0.3, 0.4) is 0 Å². The minimum atomic E-state index is -0.408. The second-order valence-electron chi connectivity index (χ2n) is 4.69. The lowest BCUT2D eigenvalue weighted by atomic mass is 10.1. The van der Waals surface area contributed by atoms with Gasteiger partial charge in [-0.2, -0.15) is 5.26 Å². The Hall–Kier alpha value is -2.54. The van der Waals surface area contributed by atoms with Crippen LogP contribution in [0, 0.1) is 24.1 Å². The van der Waals surface area contributed by atoms with E-state index >= 15 is 0 Å². The van der Waals surface area contributed by atoms with Crippen LogP contribution in [-0.2, 0) is 6.54 Å². The third-order valence-corrected chi connectivity index (χ3v) is 3.12. The number of hydrogen-bond donors (Lipinski definition) is 1. The lowest BCUT2D eigenvalue weighted by Gasteiger charge is -2.11. The van der Waals surface area contributed by atoms with E-state index in [9.17, 15) is 4.39 Å². The lowest BCUT2D eigenvalue weighted by molar-refractivity contribution is 0.338. The normalized spacial score (nSPS) is 10.0. The third-order valence-electron chi connectivity index (χ3n) is 3.12. The van der Waals surface area contributed by atoms with Crippen molar-refractivity contribution in [2.24, 2.45) is 0 Å². The summed E-state index contributed by atoms with van der Waals surface area (Å²) >= 11 is 0. The highest BCUT2D eigenvalue weighted by Crippen LogP contribution is 2.21. The summed E-state index contributed by atoms with van der Waals surface area (Å²) < 4.78 is 18.6. The van der Waals surface area contributed by atoms with Crippen LogP contribution < -0.4 is 10.1 Å². The molecule has 0 heterocycles. The zero-order valence-corrected chi connectivity index (χ0v) is 12.1. The van der Waals surface area contributed by atoms with Crippen molar-refractivity contribution < 1.29 is 9.13 Å². The predicted molar refractivity (Wildman–Crippen MR) is 80.8 cm³/mol. The van der Waals surface area contributed by atoms with Crippen LogP contribution in [0.1, 0.15) is 23.6 Å². The monoisotopic (exact) mass is 284 g/mol. The Morgan fingerprint density at radius 2 is 2.05 bits per heavy atom. The van der Waals surface area contributed by atoms with E-state index in [2.05, 4.69) is 5.32 Å². The quantitative estimate of drug-likeness (QED) is 0.902. The second kappa shape index (κ2) is 6.76. The number of nitriles is 1. The van der Waals surface area contributed by atoms with Gasteiger partial charge in [0.05, 0.1) is 17.9 Å². The van der Waals surface area contributed by atoms with E-state index in [1.54, 1.807) is 6.07 Å². The van der Waals surface area contributed by atoms with Gasteiger partial charge in [-0.3, -0.25) is 0 Å². The zero-order chi connectivity index (χ0) is 15.2. The third kappa shape index (κ3) is 3.73. The topological polar surface area (TPSA) is 45.0 Å². The molecule has 2 rings (SSSR count). The molecule has 108 valence electrons. The summed E-state index contributed by atoms with van der Waals surface area (Å²) in [5.41, 5.74) is 3.07. The molecule has 4 heteroatoms. The number of benzene rings is 2. The van der Waals surface area contributed by atoms with Crippen molar-refractivity contribution in [2.45, 2.75) is 20.4 Å². The van der Waals surface area contributed by atoms with E-state index in [4.69, 9.17) is 10.00 Å². The lowest BCUT2D eigenvalue weighted by Crippen LogP contribution is -2.02. The molecule has 0 aromatic heterocycles. The van der Waals surface area contributed by atoms with E-state index < -0.39 is 5.82 Å². The van der Waals surface area contributed by atoms with Gasteiger partial charge >= 0.3 is 0 Å². The minimum absolute atomic E-state index is 0.303. The molecule has 2 aromatic rings. The van der Waals surface area contributed by atoms with Gasteiger partial charge in [0.1, 0.15) is 17.6 Å². The molecule has 0 aliphatic heterocycles. The SMILES string of the molecule is CCOc1ccc(CNc2ccc(F)cc2C#N)cc1C. The Morgan fingerprint density at radius 3 is 2.71 bits per heavy atom. The molecule has 0 bridgehead atoms. The van der Waals surface area contributed by atoms with Crippen LogP contribution in [0.4, 0.5) is 10.1 Å². The highest BCUT2D eigenvalue weighted by atomic mass is 19.1. The molecule has 0 aliphatic carbocycles. The van der Waals surface area contributed by atoms with Crippen molar-refractivity contribution in [3.8, 4) is 11.8 Å². The van der Waals surface area contributed by atoms with Crippen molar-refractivity contribution in [1.82, 2.24) is 0 Å². The van der Waals surface area contributed by atoms with Gasteiger partial charge in [-0.1, -0.05) is 12.1 Å². The number of anilines is 1. The zero-order valence-electron chi connectivity index (χ0n) is 12.1. The fourth-order valence-corrected chi connectivity index (χ4v) is 2.10. The molecule has 0 atom stereocenters. The summed E-state index contributed by atoms with van der Waals surface area (Å²) in [5, 5.41) is 12.2. The molecule has 3 nitrogen and oxygen atoms in total. The van der Waals surface area contributed by atoms with Gasteiger partial charge < -0.3 is 10.1 Å². The summed E-state index contributed by atoms with van der Waals surface area (Å²) in [7, 11) is 0. The first-order valence-corrected chi connectivity index (χ1v) is 6.80. The van der Waals surface area contributed by atoms with E-state index in [0.29, 0.717) is 24.4 Å². The molecule has 0 fully saturated rings. The Morgan fingerprint density at radius 1 is 1.24 bits per heavy atom. The average Bonchev–Trinajstić information content (AvgIpc) is 2.48. The van der Waals surface area contributed by atoms with E-state index in [1.165, 1.54) is 12.1 Å². The van der Waals surface area contributed by atoms with Gasteiger partial charge in [-0.05, 0) is 49.2 Å². The minimum Gasteiger partial charge on any atom is -0.494 e. The molecule has 0 radical (unpaired) electrons. The van der Waals surface area contributed by atoms with E-state index in [1.807, 2.05) is 38.1 Å². The van der Waals surface area contributed by atoms with Gasteiger partial charge in [-0.15, -0.1) is 0 Å². The highest BCUT2D eigenvalue weighted by Gasteiger charge is 2.05. The van der Waals surface area contributed by atoms with Gasteiger partial charge in [0.15, 0.2) is 0 Å². The number of nitrogens with one attached hydrogen (secondary N) is 1. The number of nitrogens with zero attached hydrogens (tertiary/aromatic N) is 1. The van der Waals surface area contributed by atoms with Crippen LogP contribution in [0.25, 0.3) is 0 Å². The molecule has 2 aromatic carbocycles. The van der Waals surface area contributed by atoms with Crippen molar-refractivity contribution >= 4 is 5.69 Å². The molecule has 1 N–H and O–H groups in total. The Bertz CT molecular complexity index is 677. The van der Waals surface area contributed by atoms with E-state index in [0.717, 1.165) is 16.9 Å². The van der Waals surface area contributed by atoms with Crippen LogP contribution in [-0.4, -0.2) is 6.61 Å². The number of rotatable bonds is 5. The Kier molecular flexibility index (Phi) is 4.78. The van der Waals surface area contributed by atoms with Crippen LogP contribution in [0.5, 0.6) is 5.75 Å². The maximum atomic E-state index is 13.1. The first-order valence-electron chi connectivity index (χ1n) is 6.80. The molecule has 0 saturated carbocycles. The van der Waals surface area contributed by atoms with Gasteiger partial charge in [-0.25, -0.2) is 4.39 Å². The molecule has 21 heavy (non-hydrogen) atoms. The van der Waals surface area contributed by atoms with Crippen molar-refractivity contribution in [3.05, 3.63) is 58.9 Å². The smallest absolute Gasteiger partial charge is 0.124 e. The standard InChI is InChI=1S/C17H17FN2O/c1-3-21-17-7-4-13(8-12(17)2)11-20-16-6-5-15(18)9-14(16)10-19/h4-9,20H,3,11H2,1-2H3. The molecule has 0 aliphatic rings.